The van der Waals surface area contributed by atoms with Crippen LogP contribution in [0.15, 0.2) is 59.1 Å². The molecule has 0 spiro atoms. The number of para-hydroxylation sites is 1. The van der Waals surface area contributed by atoms with E-state index in [1.54, 1.807) is 6.07 Å². The van der Waals surface area contributed by atoms with E-state index in [2.05, 4.69) is 15.5 Å². The first-order chi connectivity index (χ1) is 11.2. The highest BCUT2D eigenvalue weighted by molar-refractivity contribution is 6.33. The maximum atomic E-state index is 11.9. The van der Waals surface area contributed by atoms with Crippen molar-refractivity contribution >= 4 is 23.2 Å². The van der Waals surface area contributed by atoms with E-state index < -0.39 is 0 Å². The van der Waals surface area contributed by atoms with Gasteiger partial charge in [-0.2, -0.15) is 4.98 Å². The minimum Gasteiger partial charge on any atom is -0.339 e. The van der Waals surface area contributed by atoms with E-state index in [1.165, 1.54) is 0 Å². The molecule has 1 heterocycles. The molecule has 0 saturated heterocycles. The molecule has 0 unspecified atom stereocenters. The Hall–Kier alpha value is -2.66. The summed E-state index contributed by atoms with van der Waals surface area (Å²) < 4.78 is 5.17. The summed E-state index contributed by atoms with van der Waals surface area (Å²) in [7, 11) is 0. The number of aromatic nitrogens is 2. The number of benzene rings is 2. The van der Waals surface area contributed by atoms with Gasteiger partial charge in [-0.3, -0.25) is 4.79 Å². The van der Waals surface area contributed by atoms with Crippen LogP contribution >= 0.6 is 11.6 Å². The number of carbonyl (C=O) groups excluding carboxylic acids is 1. The Labute approximate surface area is 138 Å². The van der Waals surface area contributed by atoms with Gasteiger partial charge in [-0.25, -0.2) is 0 Å². The standard InChI is InChI=1S/C17H14ClN3O2/c18-14-9-5-4-8-13(14)17-20-16(23-21-17)11-10-15(22)19-12-6-2-1-3-7-12/h1-9H,10-11H2,(H,19,22). The van der Waals surface area contributed by atoms with Crippen molar-refractivity contribution in [2.24, 2.45) is 0 Å². The zero-order chi connectivity index (χ0) is 16.1. The number of carbonyl (C=O) groups is 1. The van der Waals surface area contributed by atoms with Crippen LogP contribution in [0.2, 0.25) is 5.02 Å². The monoisotopic (exact) mass is 327 g/mol. The number of amides is 1. The molecule has 0 aliphatic carbocycles. The summed E-state index contributed by atoms with van der Waals surface area (Å²) in [6, 6.07) is 16.6. The molecule has 3 rings (SSSR count). The zero-order valence-electron chi connectivity index (χ0n) is 12.2. The smallest absolute Gasteiger partial charge is 0.227 e. The lowest BCUT2D eigenvalue weighted by Gasteiger charge is -2.02. The lowest BCUT2D eigenvalue weighted by molar-refractivity contribution is -0.116. The van der Waals surface area contributed by atoms with Crippen molar-refractivity contribution in [3.05, 3.63) is 65.5 Å². The number of halogens is 1. The van der Waals surface area contributed by atoms with E-state index in [0.717, 1.165) is 5.69 Å². The molecule has 0 aliphatic heterocycles. The predicted octanol–water partition coefficient (Wildman–Crippen LogP) is 3.96. The molecule has 0 bridgehead atoms. The molecule has 5 nitrogen and oxygen atoms in total. The number of hydrogen-bond acceptors (Lipinski definition) is 4. The summed E-state index contributed by atoms with van der Waals surface area (Å²) in [5.74, 6) is 0.728. The van der Waals surface area contributed by atoms with Crippen LogP contribution in [-0.4, -0.2) is 16.0 Å². The summed E-state index contributed by atoms with van der Waals surface area (Å²) in [5, 5.41) is 7.27. The van der Waals surface area contributed by atoms with Gasteiger partial charge in [0, 0.05) is 24.1 Å². The Morgan fingerprint density at radius 2 is 1.83 bits per heavy atom. The van der Waals surface area contributed by atoms with Gasteiger partial charge in [0.1, 0.15) is 0 Å². The van der Waals surface area contributed by atoms with E-state index in [4.69, 9.17) is 16.1 Å². The summed E-state index contributed by atoms with van der Waals surface area (Å²) >= 11 is 6.10. The first-order valence-electron chi connectivity index (χ1n) is 7.15. The van der Waals surface area contributed by atoms with Gasteiger partial charge >= 0.3 is 0 Å². The Morgan fingerprint density at radius 3 is 2.61 bits per heavy atom. The average Bonchev–Trinajstić information content (AvgIpc) is 3.03. The lowest BCUT2D eigenvalue weighted by Crippen LogP contribution is -2.12. The average molecular weight is 328 g/mol. The third-order valence-corrected chi connectivity index (χ3v) is 3.54. The minimum atomic E-state index is -0.103. The molecule has 116 valence electrons. The van der Waals surface area contributed by atoms with Gasteiger partial charge in [-0.15, -0.1) is 0 Å². The quantitative estimate of drug-likeness (QED) is 0.770. The fraction of sp³-hybridized carbons (Fsp3) is 0.118. The Kier molecular flexibility index (Phi) is 4.68. The molecule has 0 radical (unpaired) electrons. The number of aryl methyl sites for hydroxylation is 1. The maximum absolute atomic E-state index is 11.9. The first-order valence-corrected chi connectivity index (χ1v) is 7.52. The maximum Gasteiger partial charge on any atom is 0.227 e. The predicted molar refractivity (Wildman–Crippen MR) is 88.1 cm³/mol. The number of hydrogen-bond donors (Lipinski definition) is 1. The van der Waals surface area contributed by atoms with Crippen LogP contribution in [0.5, 0.6) is 0 Å². The van der Waals surface area contributed by atoms with Crippen LogP contribution in [-0.2, 0) is 11.2 Å². The molecule has 0 saturated carbocycles. The highest BCUT2D eigenvalue weighted by atomic mass is 35.5. The van der Waals surface area contributed by atoms with Crippen LogP contribution in [0.25, 0.3) is 11.4 Å². The second kappa shape index (κ2) is 7.07. The lowest BCUT2D eigenvalue weighted by atomic mass is 10.2. The second-order valence-corrected chi connectivity index (χ2v) is 5.31. The summed E-state index contributed by atoms with van der Waals surface area (Å²) in [6.45, 7) is 0. The molecule has 0 aliphatic rings. The van der Waals surface area contributed by atoms with Crippen molar-refractivity contribution in [1.29, 1.82) is 0 Å². The third kappa shape index (κ3) is 3.96. The second-order valence-electron chi connectivity index (χ2n) is 4.91. The normalized spacial score (nSPS) is 10.5. The van der Waals surface area contributed by atoms with Crippen molar-refractivity contribution in [2.45, 2.75) is 12.8 Å². The van der Waals surface area contributed by atoms with E-state index in [1.807, 2.05) is 48.5 Å². The number of anilines is 1. The molecule has 0 atom stereocenters. The van der Waals surface area contributed by atoms with Gasteiger partial charge < -0.3 is 9.84 Å². The van der Waals surface area contributed by atoms with E-state index in [0.29, 0.717) is 28.7 Å². The molecule has 23 heavy (non-hydrogen) atoms. The Balaban J connectivity index is 1.59. The van der Waals surface area contributed by atoms with Gasteiger partial charge in [0.25, 0.3) is 0 Å². The van der Waals surface area contributed by atoms with Crippen molar-refractivity contribution < 1.29 is 9.32 Å². The molecule has 6 heteroatoms. The highest BCUT2D eigenvalue weighted by Gasteiger charge is 2.12. The van der Waals surface area contributed by atoms with Crippen molar-refractivity contribution in [1.82, 2.24) is 10.1 Å². The van der Waals surface area contributed by atoms with Gasteiger partial charge in [-0.05, 0) is 24.3 Å². The Bertz CT molecular complexity index is 802. The molecular formula is C17H14ClN3O2. The molecule has 3 aromatic rings. The molecule has 0 fully saturated rings. The minimum absolute atomic E-state index is 0.103. The fourth-order valence-electron chi connectivity index (χ4n) is 2.07. The molecule has 1 amide bonds. The topological polar surface area (TPSA) is 68.0 Å². The van der Waals surface area contributed by atoms with E-state index in [9.17, 15) is 4.79 Å². The molecule has 1 aromatic heterocycles. The molecule has 2 aromatic carbocycles. The molecule has 1 N–H and O–H groups in total. The number of rotatable bonds is 5. The van der Waals surface area contributed by atoms with Crippen molar-refractivity contribution in [2.75, 3.05) is 5.32 Å². The highest BCUT2D eigenvalue weighted by Crippen LogP contribution is 2.25. The van der Waals surface area contributed by atoms with Gasteiger partial charge in [-0.1, -0.05) is 47.1 Å². The van der Waals surface area contributed by atoms with Gasteiger partial charge in [0.2, 0.25) is 17.6 Å². The van der Waals surface area contributed by atoms with Crippen LogP contribution in [0.4, 0.5) is 5.69 Å². The first kappa shape index (κ1) is 15.2. The largest absolute Gasteiger partial charge is 0.339 e. The number of nitrogens with zero attached hydrogens (tertiary/aromatic N) is 2. The summed E-state index contributed by atoms with van der Waals surface area (Å²) in [5.41, 5.74) is 1.47. The van der Waals surface area contributed by atoms with Crippen molar-refractivity contribution in [3.8, 4) is 11.4 Å². The van der Waals surface area contributed by atoms with E-state index >= 15 is 0 Å². The zero-order valence-corrected chi connectivity index (χ0v) is 13.0. The van der Waals surface area contributed by atoms with Crippen LogP contribution in [0.1, 0.15) is 12.3 Å². The van der Waals surface area contributed by atoms with Crippen LogP contribution in [0, 0.1) is 0 Å². The van der Waals surface area contributed by atoms with E-state index in [-0.39, 0.29) is 12.3 Å². The fourth-order valence-corrected chi connectivity index (χ4v) is 2.29. The van der Waals surface area contributed by atoms with Gasteiger partial charge in [0.05, 0.1) is 5.02 Å². The van der Waals surface area contributed by atoms with Gasteiger partial charge in [0.15, 0.2) is 0 Å². The number of nitrogens with one attached hydrogen (secondary N) is 1. The van der Waals surface area contributed by atoms with Crippen LogP contribution < -0.4 is 5.32 Å². The molecular weight excluding hydrogens is 314 g/mol. The van der Waals surface area contributed by atoms with Crippen molar-refractivity contribution in [3.63, 3.8) is 0 Å². The third-order valence-electron chi connectivity index (χ3n) is 3.21. The summed E-state index contributed by atoms with van der Waals surface area (Å²) in [6.07, 6.45) is 0.634. The SMILES string of the molecule is O=C(CCc1nc(-c2ccccc2Cl)no1)Nc1ccccc1. The summed E-state index contributed by atoms with van der Waals surface area (Å²) in [4.78, 5) is 16.2. The van der Waals surface area contributed by atoms with Crippen LogP contribution in [0.3, 0.4) is 0 Å². The Morgan fingerprint density at radius 1 is 1.09 bits per heavy atom.